The summed E-state index contributed by atoms with van der Waals surface area (Å²) >= 11 is 0. The topological polar surface area (TPSA) is 70.2 Å². The van der Waals surface area contributed by atoms with Gasteiger partial charge in [0.25, 0.3) is 5.91 Å². The fourth-order valence-corrected chi connectivity index (χ4v) is 2.50. The lowest BCUT2D eigenvalue weighted by atomic mass is 10.1. The molecule has 1 aromatic carbocycles. The lowest BCUT2D eigenvalue weighted by Crippen LogP contribution is -2.24. The molecule has 1 heterocycles. The van der Waals surface area contributed by atoms with Gasteiger partial charge in [0.2, 0.25) is 5.91 Å². The minimum Gasteiger partial charge on any atom is -0.352 e. The molecule has 2 rings (SSSR count). The average Bonchev–Trinajstić information content (AvgIpc) is 2.99. The SMILES string of the molecule is CCNC(=O)c1ccc(NC(=O)CCC2CCCN2)cc1. The predicted molar refractivity (Wildman–Crippen MR) is 83.3 cm³/mol. The highest BCUT2D eigenvalue weighted by Crippen LogP contribution is 2.13. The Morgan fingerprint density at radius 3 is 2.67 bits per heavy atom. The summed E-state index contributed by atoms with van der Waals surface area (Å²) in [6.07, 6.45) is 3.76. The quantitative estimate of drug-likeness (QED) is 0.749. The molecule has 0 saturated carbocycles. The molecule has 0 spiro atoms. The van der Waals surface area contributed by atoms with E-state index in [1.54, 1.807) is 24.3 Å². The Hall–Kier alpha value is -1.88. The molecule has 0 aromatic heterocycles. The van der Waals surface area contributed by atoms with Crippen LogP contribution in [0.1, 0.15) is 43.0 Å². The van der Waals surface area contributed by atoms with E-state index in [0.717, 1.165) is 25.1 Å². The summed E-state index contributed by atoms with van der Waals surface area (Å²) in [5, 5.41) is 8.99. The highest BCUT2D eigenvalue weighted by Gasteiger charge is 2.15. The minimum absolute atomic E-state index is 0.0226. The number of hydrogen-bond acceptors (Lipinski definition) is 3. The van der Waals surface area contributed by atoms with Crippen molar-refractivity contribution >= 4 is 17.5 Å². The van der Waals surface area contributed by atoms with Crippen molar-refractivity contribution in [1.29, 1.82) is 0 Å². The van der Waals surface area contributed by atoms with Crippen LogP contribution in [0.2, 0.25) is 0 Å². The van der Waals surface area contributed by atoms with E-state index in [-0.39, 0.29) is 11.8 Å². The molecule has 0 radical (unpaired) electrons. The fourth-order valence-electron chi connectivity index (χ4n) is 2.50. The van der Waals surface area contributed by atoms with Gasteiger partial charge in [-0.2, -0.15) is 0 Å². The normalized spacial score (nSPS) is 17.5. The number of rotatable bonds is 6. The number of hydrogen-bond donors (Lipinski definition) is 3. The zero-order valence-electron chi connectivity index (χ0n) is 12.4. The van der Waals surface area contributed by atoms with Crippen molar-refractivity contribution in [3.05, 3.63) is 29.8 Å². The van der Waals surface area contributed by atoms with E-state index >= 15 is 0 Å². The van der Waals surface area contributed by atoms with E-state index in [9.17, 15) is 9.59 Å². The van der Waals surface area contributed by atoms with Crippen molar-refractivity contribution in [2.45, 2.75) is 38.6 Å². The van der Waals surface area contributed by atoms with Crippen LogP contribution in [0.25, 0.3) is 0 Å². The molecule has 1 unspecified atom stereocenters. The van der Waals surface area contributed by atoms with E-state index in [2.05, 4.69) is 16.0 Å². The van der Waals surface area contributed by atoms with Gasteiger partial charge in [-0.25, -0.2) is 0 Å². The Bertz CT molecular complexity index is 479. The lowest BCUT2D eigenvalue weighted by molar-refractivity contribution is -0.116. The standard InChI is InChI=1S/C16H23N3O2/c1-2-17-16(21)12-5-7-14(8-6-12)19-15(20)10-9-13-4-3-11-18-13/h5-8,13,18H,2-4,9-11H2,1H3,(H,17,21)(H,19,20). The summed E-state index contributed by atoms with van der Waals surface area (Å²) in [7, 11) is 0. The second kappa shape index (κ2) is 7.78. The van der Waals surface area contributed by atoms with Gasteiger partial charge in [0, 0.05) is 30.3 Å². The highest BCUT2D eigenvalue weighted by molar-refractivity contribution is 5.95. The van der Waals surface area contributed by atoms with Gasteiger partial charge in [0.05, 0.1) is 0 Å². The first kappa shape index (κ1) is 15.5. The van der Waals surface area contributed by atoms with E-state index in [1.807, 2.05) is 6.92 Å². The van der Waals surface area contributed by atoms with Gasteiger partial charge in [-0.15, -0.1) is 0 Å². The van der Waals surface area contributed by atoms with Crippen LogP contribution in [0.3, 0.4) is 0 Å². The Kier molecular flexibility index (Phi) is 5.75. The number of carbonyl (C=O) groups excluding carboxylic acids is 2. The number of anilines is 1. The molecule has 2 amide bonds. The molecule has 114 valence electrons. The molecular formula is C16H23N3O2. The van der Waals surface area contributed by atoms with E-state index in [4.69, 9.17) is 0 Å². The third kappa shape index (κ3) is 4.86. The molecule has 1 aromatic rings. The number of nitrogens with one attached hydrogen (secondary N) is 3. The van der Waals surface area contributed by atoms with Gasteiger partial charge in [-0.1, -0.05) is 0 Å². The Morgan fingerprint density at radius 1 is 1.29 bits per heavy atom. The zero-order chi connectivity index (χ0) is 15.1. The van der Waals surface area contributed by atoms with Crippen LogP contribution >= 0.6 is 0 Å². The van der Waals surface area contributed by atoms with Gasteiger partial charge in [-0.3, -0.25) is 9.59 Å². The van der Waals surface area contributed by atoms with Crippen molar-refractivity contribution < 1.29 is 9.59 Å². The van der Waals surface area contributed by atoms with E-state index in [0.29, 0.717) is 24.6 Å². The first-order valence-electron chi connectivity index (χ1n) is 7.60. The summed E-state index contributed by atoms with van der Waals surface area (Å²) in [5.41, 5.74) is 1.33. The maximum atomic E-state index is 11.9. The fraction of sp³-hybridized carbons (Fsp3) is 0.500. The molecule has 1 fully saturated rings. The molecule has 1 saturated heterocycles. The van der Waals surface area contributed by atoms with E-state index in [1.165, 1.54) is 6.42 Å². The maximum Gasteiger partial charge on any atom is 0.251 e. The summed E-state index contributed by atoms with van der Waals surface area (Å²) in [4.78, 5) is 23.5. The Labute approximate surface area is 125 Å². The molecule has 1 aliphatic heterocycles. The Morgan fingerprint density at radius 2 is 2.05 bits per heavy atom. The van der Waals surface area contributed by atoms with Gasteiger partial charge < -0.3 is 16.0 Å². The van der Waals surface area contributed by atoms with Crippen molar-refractivity contribution in [3.63, 3.8) is 0 Å². The number of amides is 2. The van der Waals surface area contributed by atoms with Gasteiger partial charge in [-0.05, 0) is 57.0 Å². The van der Waals surface area contributed by atoms with E-state index < -0.39 is 0 Å². The van der Waals surface area contributed by atoms with Gasteiger partial charge >= 0.3 is 0 Å². The molecule has 1 aliphatic rings. The summed E-state index contributed by atoms with van der Waals surface area (Å²) in [6.45, 7) is 3.55. The van der Waals surface area contributed by atoms with Crippen LogP contribution < -0.4 is 16.0 Å². The highest BCUT2D eigenvalue weighted by atomic mass is 16.2. The van der Waals surface area contributed by atoms with Crippen LogP contribution in [0, 0.1) is 0 Å². The molecule has 21 heavy (non-hydrogen) atoms. The second-order valence-corrected chi connectivity index (χ2v) is 5.32. The molecule has 0 aliphatic carbocycles. The molecule has 5 heteroatoms. The third-order valence-electron chi connectivity index (χ3n) is 3.65. The van der Waals surface area contributed by atoms with Crippen LogP contribution in [0.5, 0.6) is 0 Å². The number of carbonyl (C=O) groups is 2. The largest absolute Gasteiger partial charge is 0.352 e. The Balaban J connectivity index is 1.79. The molecule has 5 nitrogen and oxygen atoms in total. The molecule has 3 N–H and O–H groups in total. The summed E-state index contributed by atoms with van der Waals surface area (Å²) in [5.74, 6) is -0.0721. The zero-order valence-corrected chi connectivity index (χ0v) is 12.4. The minimum atomic E-state index is -0.0947. The lowest BCUT2D eigenvalue weighted by Gasteiger charge is -2.10. The van der Waals surface area contributed by atoms with Crippen molar-refractivity contribution in [2.24, 2.45) is 0 Å². The second-order valence-electron chi connectivity index (χ2n) is 5.32. The third-order valence-corrected chi connectivity index (χ3v) is 3.65. The van der Waals surface area contributed by atoms with Crippen LogP contribution in [-0.4, -0.2) is 30.9 Å². The van der Waals surface area contributed by atoms with Crippen molar-refractivity contribution in [2.75, 3.05) is 18.4 Å². The van der Waals surface area contributed by atoms with Crippen LogP contribution in [0.4, 0.5) is 5.69 Å². The van der Waals surface area contributed by atoms with Crippen LogP contribution in [-0.2, 0) is 4.79 Å². The summed E-state index contributed by atoms with van der Waals surface area (Å²) in [6, 6.07) is 7.45. The molecule has 1 atom stereocenters. The molecular weight excluding hydrogens is 266 g/mol. The average molecular weight is 289 g/mol. The first-order valence-corrected chi connectivity index (χ1v) is 7.60. The smallest absolute Gasteiger partial charge is 0.251 e. The first-order chi connectivity index (χ1) is 10.2. The van der Waals surface area contributed by atoms with Crippen molar-refractivity contribution in [3.8, 4) is 0 Å². The maximum absolute atomic E-state index is 11.9. The number of benzene rings is 1. The predicted octanol–water partition coefficient (Wildman–Crippen LogP) is 1.91. The summed E-state index contributed by atoms with van der Waals surface area (Å²) < 4.78 is 0. The van der Waals surface area contributed by atoms with Gasteiger partial charge in [0.1, 0.15) is 0 Å². The van der Waals surface area contributed by atoms with Crippen molar-refractivity contribution in [1.82, 2.24) is 10.6 Å². The monoisotopic (exact) mass is 289 g/mol. The van der Waals surface area contributed by atoms with Gasteiger partial charge in [0.15, 0.2) is 0 Å². The molecule has 0 bridgehead atoms. The van der Waals surface area contributed by atoms with Crippen LogP contribution in [0.15, 0.2) is 24.3 Å².